The Balaban J connectivity index is 1.93. The lowest BCUT2D eigenvalue weighted by Crippen LogP contribution is -2.10. The smallest absolute Gasteiger partial charge is 0.266 e. The Kier molecular flexibility index (Phi) is 2.38. The summed E-state index contributed by atoms with van der Waals surface area (Å²) in [7, 11) is 0. The number of rotatable bonds is 2. The molecule has 4 nitrogen and oxygen atoms in total. The molecule has 0 aliphatic carbocycles. The summed E-state index contributed by atoms with van der Waals surface area (Å²) in [4.78, 5) is 12.5. The number of hydrogen-bond donors (Lipinski definition) is 2. The third-order valence-electron chi connectivity index (χ3n) is 2.45. The maximum absolute atomic E-state index is 11.9. The van der Waals surface area contributed by atoms with Crippen molar-refractivity contribution in [2.45, 2.75) is 0 Å². The van der Waals surface area contributed by atoms with Gasteiger partial charge in [0, 0.05) is 5.39 Å². The molecule has 2 aromatic heterocycles. The molecule has 3 aromatic rings. The summed E-state index contributed by atoms with van der Waals surface area (Å²) < 4.78 is 0. The third kappa shape index (κ3) is 1.81. The zero-order valence-electron chi connectivity index (χ0n) is 8.81. The number of hydrogen-bond acceptors (Lipinski definition) is 3. The van der Waals surface area contributed by atoms with E-state index in [2.05, 4.69) is 15.5 Å². The van der Waals surface area contributed by atoms with Gasteiger partial charge in [-0.15, -0.1) is 11.3 Å². The molecule has 0 unspecified atom stereocenters. The highest BCUT2D eigenvalue weighted by atomic mass is 32.1. The van der Waals surface area contributed by atoms with Gasteiger partial charge in [0.1, 0.15) is 0 Å². The summed E-state index contributed by atoms with van der Waals surface area (Å²) in [5.41, 5.74) is 0.911. The van der Waals surface area contributed by atoms with E-state index in [1.807, 2.05) is 35.7 Å². The van der Waals surface area contributed by atoms with Crippen molar-refractivity contribution in [1.82, 2.24) is 10.2 Å². The summed E-state index contributed by atoms with van der Waals surface area (Å²) in [6.07, 6.45) is 0. The molecule has 84 valence electrons. The van der Waals surface area contributed by atoms with Gasteiger partial charge in [0.25, 0.3) is 5.91 Å². The number of thiophene rings is 1. The summed E-state index contributed by atoms with van der Waals surface area (Å²) in [6, 6.07) is 11.3. The Morgan fingerprint density at radius 3 is 2.94 bits per heavy atom. The molecule has 0 bridgehead atoms. The number of aromatic amines is 1. The van der Waals surface area contributed by atoms with Crippen molar-refractivity contribution in [2.24, 2.45) is 0 Å². The number of H-pyrrole nitrogens is 1. The fourth-order valence-electron chi connectivity index (χ4n) is 1.64. The van der Waals surface area contributed by atoms with Gasteiger partial charge in [-0.25, -0.2) is 0 Å². The zero-order valence-corrected chi connectivity index (χ0v) is 9.62. The van der Waals surface area contributed by atoms with E-state index < -0.39 is 0 Å². The predicted octanol–water partition coefficient (Wildman–Crippen LogP) is 2.88. The molecule has 0 aliphatic heterocycles. The first-order chi connectivity index (χ1) is 8.34. The van der Waals surface area contributed by atoms with Crippen molar-refractivity contribution in [3.8, 4) is 0 Å². The SMILES string of the molecule is O=C(Nc1n[nH]c2ccccc12)c1cccs1. The number of amides is 1. The Hall–Kier alpha value is -2.14. The van der Waals surface area contributed by atoms with Crippen LogP contribution in [-0.2, 0) is 0 Å². The van der Waals surface area contributed by atoms with Gasteiger partial charge in [0.05, 0.1) is 10.4 Å². The van der Waals surface area contributed by atoms with E-state index in [-0.39, 0.29) is 5.91 Å². The van der Waals surface area contributed by atoms with Crippen molar-refractivity contribution in [1.29, 1.82) is 0 Å². The third-order valence-corrected chi connectivity index (χ3v) is 3.32. The summed E-state index contributed by atoms with van der Waals surface area (Å²) >= 11 is 1.41. The minimum absolute atomic E-state index is 0.128. The number of nitrogens with one attached hydrogen (secondary N) is 2. The molecular weight excluding hydrogens is 234 g/mol. The van der Waals surface area contributed by atoms with Crippen LogP contribution in [0.1, 0.15) is 9.67 Å². The van der Waals surface area contributed by atoms with Crippen molar-refractivity contribution in [2.75, 3.05) is 5.32 Å². The van der Waals surface area contributed by atoms with Crippen LogP contribution in [0, 0.1) is 0 Å². The first kappa shape index (κ1) is 10.0. The van der Waals surface area contributed by atoms with Gasteiger partial charge in [-0.3, -0.25) is 9.89 Å². The lowest BCUT2D eigenvalue weighted by Gasteiger charge is -1.99. The van der Waals surface area contributed by atoms with Crippen LogP contribution in [0.3, 0.4) is 0 Å². The molecule has 0 aliphatic rings. The van der Waals surface area contributed by atoms with Gasteiger partial charge in [-0.05, 0) is 23.6 Å². The molecule has 0 atom stereocenters. The predicted molar refractivity (Wildman–Crippen MR) is 68.4 cm³/mol. The monoisotopic (exact) mass is 243 g/mol. The molecule has 0 spiro atoms. The molecule has 0 radical (unpaired) electrons. The molecule has 0 saturated heterocycles. The van der Waals surface area contributed by atoms with Crippen LogP contribution in [-0.4, -0.2) is 16.1 Å². The molecule has 5 heteroatoms. The molecule has 1 aromatic carbocycles. The number of carbonyl (C=O) groups is 1. The van der Waals surface area contributed by atoms with Gasteiger partial charge in [-0.2, -0.15) is 5.10 Å². The topological polar surface area (TPSA) is 57.8 Å². The van der Waals surface area contributed by atoms with Crippen LogP contribution < -0.4 is 5.32 Å². The number of para-hydroxylation sites is 1. The molecular formula is C12H9N3OS. The minimum atomic E-state index is -0.128. The zero-order chi connectivity index (χ0) is 11.7. The Bertz CT molecular complexity index is 657. The van der Waals surface area contributed by atoms with E-state index in [9.17, 15) is 4.79 Å². The minimum Gasteiger partial charge on any atom is -0.304 e. The van der Waals surface area contributed by atoms with E-state index in [1.165, 1.54) is 11.3 Å². The van der Waals surface area contributed by atoms with Gasteiger partial charge < -0.3 is 5.32 Å². The lowest BCUT2D eigenvalue weighted by atomic mass is 10.2. The second kappa shape index (κ2) is 4.03. The van der Waals surface area contributed by atoms with Crippen LogP contribution in [0.4, 0.5) is 5.82 Å². The molecule has 2 N–H and O–H groups in total. The van der Waals surface area contributed by atoms with Gasteiger partial charge in [0.2, 0.25) is 0 Å². The number of fused-ring (bicyclic) bond motifs is 1. The lowest BCUT2D eigenvalue weighted by molar-refractivity contribution is 0.103. The van der Waals surface area contributed by atoms with Crippen LogP contribution >= 0.6 is 11.3 Å². The number of carbonyl (C=O) groups excluding carboxylic acids is 1. The highest BCUT2D eigenvalue weighted by Crippen LogP contribution is 2.20. The van der Waals surface area contributed by atoms with Gasteiger partial charge in [0.15, 0.2) is 5.82 Å². The van der Waals surface area contributed by atoms with E-state index in [1.54, 1.807) is 6.07 Å². The molecule has 17 heavy (non-hydrogen) atoms. The first-order valence-corrected chi connectivity index (χ1v) is 6.00. The highest BCUT2D eigenvalue weighted by Gasteiger charge is 2.10. The number of aromatic nitrogens is 2. The van der Waals surface area contributed by atoms with Gasteiger partial charge >= 0.3 is 0 Å². The molecule has 3 rings (SSSR count). The fraction of sp³-hybridized carbons (Fsp3) is 0. The Morgan fingerprint density at radius 2 is 2.12 bits per heavy atom. The normalized spacial score (nSPS) is 10.6. The van der Waals surface area contributed by atoms with Crippen LogP contribution in [0.5, 0.6) is 0 Å². The van der Waals surface area contributed by atoms with Crippen LogP contribution in [0.2, 0.25) is 0 Å². The number of benzene rings is 1. The molecule has 2 heterocycles. The second-order valence-electron chi connectivity index (χ2n) is 3.55. The molecule has 0 saturated carbocycles. The maximum atomic E-state index is 11.9. The van der Waals surface area contributed by atoms with Crippen LogP contribution in [0.25, 0.3) is 10.9 Å². The van der Waals surface area contributed by atoms with E-state index in [0.717, 1.165) is 10.9 Å². The molecule has 1 amide bonds. The van der Waals surface area contributed by atoms with Crippen molar-refractivity contribution in [3.63, 3.8) is 0 Å². The fourth-order valence-corrected chi connectivity index (χ4v) is 2.25. The summed E-state index contributed by atoms with van der Waals surface area (Å²) in [6.45, 7) is 0. The van der Waals surface area contributed by atoms with Crippen molar-refractivity contribution >= 4 is 34.0 Å². The molecule has 0 fully saturated rings. The second-order valence-corrected chi connectivity index (χ2v) is 4.50. The quantitative estimate of drug-likeness (QED) is 0.727. The van der Waals surface area contributed by atoms with Crippen LogP contribution in [0.15, 0.2) is 41.8 Å². The average molecular weight is 243 g/mol. The van der Waals surface area contributed by atoms with Gasteiger partial charge in [-0.1, -0.05) is 18.2 Å². The summed E-state index contributed by atoms with van der Waals surface area (Å²) in [5, 5.41) is 12.6. The summed E-state index contributed by atoms with van der Waals surface area (Å²) in [5.74, 6) is 0.441. The Labute approximate surface area is 101 Å². The van der Waals surface area contributed by atoms with Crippen molar-refractivity contribution in [3.05, 3.63) is 46.7 Å². The largest absolute Gasteiger partial charge is 0.304 e. The number of anilines is 1. The van der Waals surface area contributed by atoms with E-state index >= 15 is 0 Å². The maximum Gasteiger partial charge on any atom is 0.266 e. The van der Waals surface area contributed by atoms with E-state index in [0.29, 0.717) is 10.7 Å². The van der Waals surface area contributed by atoms with Crippen molar-refractivity contribution < 1.29 is 4.79 Å². The first-order valence-electron chi connectivity index (χ1n) is 5.12. The van der Waals surface area contributed by atoms with E-state index in [4.69, 9.17) is 0 Å². The standard InChI is InChI=1S/C12H9N3OS/c16-12(10-6-3-7-17-10)13-11-8-4-1-2-5-9(8)14-15-11/h1-7H,(H2,13,14,15,16). The average Bonchev–Trinajstić information content (AvgIpc) is 2.98. The number of nitrogens with zero attached hydrogens (tertiary/aromatic N) is 1. The highest BCUT2D eigenvalue weighted by molar-refractivity contribution is 7.12. The Morgan fingerprint density at radius 1 is 1.24 bits per heavy atom.